The fraction of sp³-hybridized carbons (Fsp3) is 0.385. The van der Waals surface area contributed by atoms with Crippen LogP contribution < -0.4 is 5.73 Å². The molecule has 0 heterocycles. The average Bonchev–Trinajstić information content (AvgIpc) is 2.24. The molecule has 0 spiro atoms. The van der Waals surface area contributed by atoms with Crippen molar-refractivity contribution < 1.29 is 8.78 Å². The molecule has 1 aromatic rings. The van der Waals surface area contributed by atoms with Gasteiger partial charge in [-0.3, -0.25) is 0 Å². The van der Waals surface area contributed by atoms with E-state index in [9.17, 15) is 8.78 Å². The van der Waals surface area contributed by atoms with Gasteiger partial charge >= 0.3 is 0 Å². The van der Waals surface area contributed by atoms with Gasteiger partial charge in [-0.05, 0) is 49.4 Å². The van der Waals surface area contributed by atoms with Crippen molar-refractivity contribution in [2.75, 3.05) is 0 Å². The molecule has 1 aliphatic carbocycles. The average molecular weight is 223 g/mol. The zero-order valence-corrected chi connectivity index (χ0v) is 9.05. The Morgan fingerprint density at radius 3 is 2.88 bits per heavy atom. The predicted octanol–water partition coefficient (Wildman–Crippen LogP) is 2.94. The Balaban J connectivity index is 2.17. The van der Waals surface area contributed by atoms with Gasteiger partial charge in [0.1, 0.15) is 11.6 Å². The van der Waals surface area contributed by atoms with Gasteiger partial charge in [0.25, 0.3) is 0 Å². The van der Waals surface area contributed by atoms with E-state index in [1.54, 1.807) is 0 Å². The summed E-state index contributed by atoms with van der Waals surface area (Å²) in [6, 6.07) is 3.64. The predicted molar refractivity (Wildman–Crippen MR) is 60.0 cm³/mol. The maximum absolute atomic E-state index is 13.4. The largest absolute Gasteiger partial charge is 0.324 e. The van der Waals surface area contributed by atoms with Crippen LogP contribution in [0.1, 0.15) is 24.8 Å². The van der Waals surface area contributed by atoms with Gasteiger partial charge in [-0.25, -0.2) is 8.78 Å². The highest BCUT2D eigenvalue weighted by molar-refractivity contribution is 5.26. The van der Waals surface area contributed by atoms with E-state index in [0.717, 1.165) is 30.9 Å². The van der Waals surface area contributed by atoms with Gasteiger partial charge in [0, 0.05) is 6.04 Å². The standard InChI is InChI=1S/C13H15F2N/c14-11-4-5-13(15)10(8-11)6-9-2-1-3-12(16)7-9/h4-5,7-8,12H,1-3,6,16H2. The zero-order chi connectivity index (χ0) is 11.5. The zero-order valence-electron chi connectivity index (χ0n) is 9.05. The minimum atomic E-state index is -0.392. The van der Waals surface area contributed by atoms with Gasteiger partial charge in [0.05, 0.1) is 0 Å². The van der Waals surface area contributed by atoms with Crippen LogP contribution in [0.4, 0.5) is 8.78 Å². The molecule has 0 saturated carbocycles. The summed E-state index contributed by atoms with van der Waals surface area (Å²) < 4.78 is 26.4. The van der Waals surface area contributed by atoms with Crippen molar-refractivity contribution in [2.45, 2.75) is 31.7 Å². The molecule has 3 heteroatoms. The molecular formula is C13H15F2N. The molecule has 16 heavy (non-hydrogen) atoms. The lowest BCUT2D eigenvalue weighted by Gasteiger charge is -2.18. The summed E-state index contributed by atoms with van der Waals surface area (Å²) in [4.78, 5) is 0. The van der Waals surface area contributed by atoms with Gasteiger partial charge in [-0.1, -0.05) is 11.6 Å². The van der Waals surface area contributed by atoms with Crippen LogP contribution in [0.25, 0.3) is 0 Å². The van der Waals surface area contributed by atoms with E-state index in [1.165, 1.54) is 12.1 Å². The van der Waals surface area contributed by atoms with Gasteiger partial charge in [0.15, 0.2) is 0 Å². The smallest absolute Gasteiger partial charge is 0.126 e. The van der Waals surface area contributed by atoms with E-state index in [2.05, 4.69) is 0 Å². The molecule has 1 atom stereocenters. The van der Waals surface area contributed by atoms with E-state index in [1.807, 2.05) is 6.08 Å². The summed E-state index contributed by atoms with van der Waals surface area (Å²) in [6.45, 7) is 0. The second-order valence-electron chi connectivity index (χ2n) is 4.29. The molecule has 0 bridgehead atoms. The normalized spacial score (nSPS) is 20.7. The van der Waals surface area contributed by atoms with Crippen molar-refractivity contribution in [3.8, 4) is 0 Å². The van der Waals surface area contributed by atoms with Crippen LogP contribution in [0.3, 0.4) is 0 Å². The van der Waals surface area contributed by atoms with Crippen molar-refractivity contribution in [1.82, 2.24) is 0 Å². The summed E-state index contributed by atoms with van der Waals surface area (Å²) in [5, 5.41) is 0. The first-order valence-electron chi connectivity index (χ1n) is 5.54. The van der Waals surface area contributed by atoms with E-state index in [-0.39, 0.29) is 11.9 Å². The van der Waals surface area contributed by atoms with E-state index in [0.29, 0.717) is 12.0 Å². The molecule has 86 valence electrons. The minimum Gasteiger partial charge on any atom is -0.324 e. The molecule has 2 rings (SSSR count). The van der Waals surface area contributed by atoms with Crippen LogP contribution in [-0.4, -0.2) is 6.04 Å². The maximum atomic E-state index is 13.4. The fourth-order valence-electron chi connectivity index (χ4n) is 2.10. The molecule has 1 unspecified atom stereocenters. The van der Waals surface area contributed by atoms with Gasteiger partial charge in [-0.2, -0.15) is 0 Å². The Morgan fingerprint density at radius 1 is 1.31 bits per heavy atom. The lowest BCUT2D eigenvalue weighted by atomic mass is 9.92. The lowest BCUT2D eigenvalue weighted by molar-refractivity contribution is 0.579. The fourth-order valence-corrected chi connectivity index (χ4v) is 2.10. The summed E-state index contributed by atoms with van der Waals surface area (Å²) >= 11 is 0. The van der Waals surface area contributed by atoms with E-state index < -0.39 is 5.82 Å². The Kier molecular flexibility index (Phi) is 3.34. The second-order valence-corrected chi connectivity index (χ2v) is 4.29. The first kappa shape index (κ1) is 11.3. The lowest BCUT2D eigenvalue weighted by Crippen LogP contribution is -2.20. The molecule has 0 amide bonds. The number of halogens is 2. The first-order valence-corrected chi connectivity index (χ1v) is 5.54. The van der Waals surface area contributed by atoms with Crippen LogP contribution in [0.2, 0.25) is 0 Å². The van der Waals surface area contributed by atoms with Crippen molar-refractivity contribution in [3.05, 3.63) is 47.0 Å². The first-order chi connectivity index (χ1) is 7.65. The second kappa shape index (κ2) is 4.74. The van der Waals surface area contributed by atoms with Crippen LogP contribution in [0.5, 0.6) is 0 Å². The summed E-state index contributed by atoms with van der Waals surface area (Å²) in [6.07, 6.45) is 5.40. The van der Waals surface area contributed by atoms with Crippen molar-refractivity contribution >= 4 is 0 Å². The van der Waals surface area contributed by atoms with Gasteiger partial charge in [0.2, 0.25) is 0 Å². The number of benzene rings is 1. The maximum Gasteiger partial charge on any atom is 0.126 e. The minimum absolute atomic E-state index is 0.0698. The van der Waals surface area contributed by atoms with Crippen LogP contribution in [0.15, 0.2) is 29.8 Å². The molecule has 0 radical (unpaired) electrons. The van der Waals surface area contributed by atoms with E-state index >= 15 is 0 Å². The molecule has 0 saturated heterocycles. The topological polar surface area (TPSA) is 26.0 Å². The van der Waals surface area contributed by atoms with Gasteiger partial charge < -0.3 is 5.73 Å². The molecule has 0 fully saturated rings. The monoisotopic (exact) mass is 223 g/mol. The highest BCUT2D eigenvalue weighted by atomic mass is 19.1. The summed E-state index contributed by atoms with van der Waals surface area (Å²) in [5.74, 6) is -0.737. The molecule has 0 aliphatic heterocycles. The third-order valence-corrected chi connectivity index (χ3v) is 2.91. The molecule has 2 N–H and O–H groups in total. The highest BCUT2D eigenvalue weighted by Crippen LogP contribution is 2.22. The Bertz CT molecular complexity index is 412. The van der Waals surface area contributed by atoms with Crippen molar-refractivity contribution in [3.63, 3.8) is 0 Å². The molecule has 1 nitrogen and oxygen atoms in total. The van der Waals surface area contributed by atoms with Crippen molar-refractivity contribution in [2.24, 2.45) is 5.73 Å². The number of nitrogens with two attached hydrogens (primary N) is 1. The highest BCUT2D eigenvalue weighted by Gasteiger charge is 2.12. The molecule has 1 aromatic carbocycles. The molecule has 0 aromatic heterocycles. The van der Waals surface area contributed by atoms with E-state index in [4.69, 9.17) is 5.73 Å². The SMILES string of the molecule is NC1C=C(Cc2cc(F)ccc2F)CCC1. The Hall–Kier alpha value is -1.22. The summed E-state index contributed by atoms with van der Waals surface area (Å²) in [5.41, 5.74) is 7.33. The number of hydrogen-bond donors (Lipinski definition) is 1. The molecular weight excluding hydrogens is 208 g/mol. The summed E-state index contributed by atoms with van der Waals surface area (Å²) in [7, 11) is 0. The van der Waals surface area contributed by atoms with Crippen LogP contribution in [-0.2, 0) is 6.42 Å². The Labute approximate surface area is 94.0 Å². The molecule has 1 aliphatic rings. The number of allylic oxidation sites excluding steroid dienone is 1. The Morgan fingerprint density at radius 2 is 2.12 bits per heavy atom. The number of rotatable bonds is 2. The third-order valence-electron chi connectivity index (χ3n) is 2.91. The quantitative estimate of drug-likeness (QED) is 0.766. The van der Waals surface area contributed by atoms with Gasteiger partial charge in [-0.15, -0.1) is 0 Å². The van der Waals surface area contributed by atoms with Crippen LogP contribution in [0, 0.1) is 11.6 Å². The number of hydrogen-bond acceptors (Lipinski definition) is 1. The van der Waals surface area contributed by atoms with Crippen LogP contribution >= 0.6 is 0 Å². The van der Waals surface area contributed by atoms with Crippen molar-refractivity contribution in [1.29, 1.82) is 0 Å². The third kappa shape index (κ3) is 2.67.